The lowest BCUT2D eigenvalue weighted by molar-refractivity contribution is -0.137. The van der Waals surface area contributed by atoms with Crippen LogP contribution in [0.15, 0.2) is 65.9 Å². The highest BCUT2D eigenvalue weighted by Gasteiger charge is 2.29. The highest BCUT2D eigenvalue weighted by atomic mass is 16.7. The van der Waals surface area contributed by atoms with Crippen LogP contribution in [0.2, 0.25) is 0 Å². The fraction of sp³-hybridized carbons (Fsp3) is 0.400. The minimum atomic E-state index is -1.04. The third kappa shape index (κ3) is 13.6. The first-order valence-electron chi connectivity index (χ1n) is 16.7. The molecule has 3 rings (SSSR count). The predicted octanol–water partition coefficient (Wildman–Crippen LogP) is 3.30. The molecule has 0 fully saturated rings. The number of unbranched alkanes of at least 4 members (excludes halogenated alkanes) is 2. The number of nitrogens with zero attached hydrogens (tertiary/aromatic N) is 2. The van der Waals surface area contributed by atoms with E-state index in [0.29, 0.717) is 36.9 Å². The molecule has 1 heterocycles. The summed E-state index contributed by atoms with van der Waals surface area (Å²) in [7, 11) is 0. The number of nitrogens with one attached hydrogen (secondary N) is 4. The minimum Gasteiger partial charge on any atom is -0.429 e. The van der Waals surface area contributed by atoms with Gasteiger partial charge in [0.25, 0.3) is 11.8 Å². The van der Waals surface area contributed by atoms with Crippen molar-refractivity contribution in [1.29, 1.82) is 0 Å². The highest BCUT2D eigenvalue weighted by molar-refractivity contribution is 6.12. The maximum atomic E-state index is 13.4. The summed E-state index contributed by atoms with van der Waals surface area (Å²) < 4.78 is 10.2. The van der Waals surface area contributed by atoms with E-state index in [1.165, 1.54) is 36.4 Å². The molecule has 0 saturated heterocycles. The second-order valence-corrected chi connectivity index (χ2v) is 12.2. The van der Waals surface area contributed by atoms with Crippen LogP contribution in [0.5, 0.6) is 5.75 Å². The fourth-order valence-electron chi connectivity index (χ4n) is 4.97. The van der Waals surface area contributed by atoms with E-state index >= 15 is 0 Å². The fourth-order valence-corrected chi connectivity index (χ4v) is 4.97. The zero-order valence-corrected chi connectivity index (χ0v) is 28.9. The molecular formula is C35H43N7O10. The molecule has 2 aromatic rings. The molecule has 52 heavy (non-hydrogen) atoms. The number of nitroso groups, excluding NO2 is 1. The van der Waals surface area contributed by atoms with Crippen LogP contribution in [0.25, 0.3) is 0 Å². The summed E-state index contributed by atoms with van der Waals surface area (Å²) in [6.45, 7) is 3.80. The number of ether oxygens (including phenoxy) is 2. The Morgan fingerprint density at radius 2 is 1.52 bits per heavy atom. The monoisotopic (exact) mass is 721 g/mol. The molecule has 0 spiro atoms. The molecule has 0 aromatic heterocycles. The van der Waals surface area contributed by atoms with Gasteiger partial charge in [0.2, 0.25) is 17.7 Å². The van der Waals surface area contributed by atoms with Crippen molar-refractivity contribution in [3.05, 3.63) is 71.2 Å². The van der Waals surface area contributed by atoms with Gasteiger partial charge < -0.3 is 36.5 Å². The number of nitrogens with two attached hydrogens (primary N) is 1. The average Bonchev–Trinajstić information content (AvgIpc) is 3.43. The number of urea groups is 1. The first kappa shape index (κ1) is 40.3. The summed E-state index contributed by atoms with van der Waals surface area (Å²) in [5.74, 6) is -2.34. The second kappa shape index (κ2) is 20.5. The topological polar surface area (TPSA) is 245 Å². The molecular weight excluding hydrogens is 678 g/mol. The predicted molar refractivity (Wildman–Crippen MR) is 188 cm³/mol. The Labute approximate surface area is 300 Å². The molecule has 278 valence electrons. The van der Waals surface area contributed by atoms with Crippen LogP contribution in [0, 0.1) is 10.8 Å². The number of amides is 7. The number of benzene rings is 2. The maximum absolute atomic E-state index is 13.4. The number of carbonyl (C=O) groups is 7. The van der Waals surface area contributed by atoms with E-state index in [9.17, 15) is 38.5 Å². The molecule has 1 aliphatic heterocycles. The van der Waals surface area contributed by atoms with Gasteiger partial charge in [-0.05, 0) is 78.7 Å². The summed E-state index contributed by atoms with van der Waals surface area (Å²) in [4.78, 5) is 97.7. The van der Waals surface area contributed by atoms with E-state index < -0.39 is 36.1 Å². The molecule has 0 aliphatic carbocycles. The molecule has 17 heteroatoms. The highest BCUT2D eigenvalue weighted by Crippen LogP contribution is 2.19. The van der Waals surface area contributed by atoms with Crippen molar-refractivity contribution in [1.82, 2.24) is 20.9 Å². The molecule has 0 bridgehead atoms. The SMILES string of the molecule is CC(C)[C@H](NC(=O)CCCCCN1C(=O)C=CC1=O)C(=O)NC(CCCNC(N)=O)C(=O)Nc1ccc(COC(=O)Oc2ccc(N=O)cc2)cc1. The molecule has 1 unspecified atom stereocenters. The quantitative estimate of drug-likeness (QED) is 0.0439. The number of hydrogen-bond acceptors (Lipinski definition) is 11. The van der Waals surface area contributed by atoms with Crippen LogP contribution in [0.4, 0.5) is 21.0 Å². The standard InChI is InChI=1S/C35H43N7O10/c1-22(2)31(40-28(43)8-4-3-5-20-42-29(44)17-18-30(42)45)33(47)39-27(7-6-19-37-34(36)48)32(46)38-24-11-9-23(10-12-24)21-51-35(49)52-26-15-13-25(41-50)14-16-26/h9-18,22,27,31H,3-8,19-21H2,1-2H3,(H,38,46)(H,39,47)(H,40,43)(H3,36,37,48)/t27?,31-/m0/s1. The third-order valence-electron chi connectivity index (χ3n) is 7.77. The summed E-state index contributed by atoms with van der Waals surface area (Å²) >= 11 is 0. The smallest absolute Gasteiger partial charge is 0.429 e. The van der Waals surface area contributed by atoms with Crippen molar-refractivity contribution < 1.29 is 43.0 Å². The Balaban J connectivity index is 1.52. The lowest BCUT2D eigenvalue weighted by Gasteiger charge is -2.25. The van der Waals surface area contributed by atoms with Crippen molar-refractivity contribution in [3.8, 4) is 5.75 Å². The van der Waals surface area contributed by atoms with Crippen molar-refractivity contribution in [2.75, 3.05) is 18.4 Å². The van der Waals surface area contributed by atoms with E-state index in [1.807, 2.05) is 0 Å². The van der Waals surface area contributed by atoms with E-state index in [2.05, 4.69) is 26.4 Å². The zero-order valence-electron chi connectivity index (χ0n) is 28.9. The van der Waals surface area contributed by atoms with Gasteiger partial charge in [-0.3, -0.25) is 28.9 Å². The van der Waals surface area contributed by atoms with Crippen LogP contribution < -0.4 is 31.7 Å². The van der Waals surface area contributed by atoms with Gasteiger partial charge in [-0.25, -0.2) is 9.59 Å². The number of primary amides is 1. The maximum Gasteiger partial charge on any atom is 0.514 e. The Bertz CT molecular complexity index is 1610. The number of imide groups is 1. The summed E-state index contributed by atoms with van der Waals surface area (Å²) in [5, 5.41) is 13.4. The van der Waals surface area contributed by atoms with Gasteiger partial charge in [-0.1, -0.05) is 32.4 Å². The van der Waals surface area contributed by atoms with E-state index in [-0.39, 0.29) is 67.6 Å². The summed E-state index contributed by atoms with van der Waals surface area (Å²) in [6, 6.07) is 9.23. The van der Waals surface area contributed by atoms with Gasteiger partial charge in [-0.2, -0.15) is 0 Å². The van der Waals surface area contributed by atoms with Crippen LogP contribution in [0.3, 0.4) is 0 Å². The van der Waals surface area contributed by atoms with Gasteiger partial charge in [0, 0.05) is 37.3 Å². The van der Waals surface area contributed by atoms with Crippen LogP contribution in [0.1, 0.15) is 57.9 Å². The Kier molecular flexibility index (Phi) is 15.9. The molecule has 0 radical (unpaired) electrons. The molecule has 2 atom stereocenters. The summed E-state index contributed by atoms with van der Waals surface area (Å²) in [5.41, 5.74) is 6.29. The molecule has 2 aromatic carbocycles. The Hall–Kier alpha value is -6.13. The molecule has 6 N–H and O–H groups in total. The normalized spacial score (nSPS) is 13.2. The number of hydrogen-bond donors (Lipinski definition) is 5. The third-order valence-corrected chi connectivity index (χ3v) is 7.77. The van der Waals surface area contributed by atoms with Gasteiger partial charge >= 0.3 is 12.2 Å². The number of anilines is 1. The van der Waals surface area contributed by atoms with Gasteiger partial charge in [0.15, 0.2) is 0 Å². The molecule has 0 saturated carbocycles. The number of carbonyl (C=O) groups excluding carboxylic acids is 7. The summed E-state index contributed by atoms with van der Waals surface area (Å²) in [6.07, 6.45) is 3.63. The van der Waals surface area contributed by atoms with Gasteiger partial charge in [0.05, 0.1) is 0 Å². The first-order valence-corrected chi connectivity index (χ1v) is 16.7. The average molecular weight is 722 g/mol. The lowest BCUT2D eigenvalue weighted by atomic mass is 10.0. The zero-order chi connectivity index (χ0) is 38.0. The van der Waals surface area contributed by atoms with Crippen LogP contribution in [-0.2, 0) is 35.3 Å². The van der Waals surface area contributed by atoms with Crippen LogP contribution in [-0.4, -0.2) is 71.8 Å². The van der Waals surface area contributed by atoms with Crippen molar-refractivity contribution in [3.63, 3.8) is 0 Å². The Morgan fingerprint density at radius 3 is 2.13 bits per heavy atom. The molecule has 17 nitrogen and oxygen atoms in total. The molecule has 1 aliphatic rings. The van der Waals surface area contributed by atoms with Gasteiger partial charge in [-0.15, -0.1) is 4.91 Å². The second-order valence-electron chi connectivity index (χ2n) is 12.2. The lowest BCUT2D eigenvalue weighted by Crippen LogP contribution is -2.54. The van der Waals surface area contributed by atoms with Crippen molar-refractivity contribution in [2.45, 2.75) is 71.1 Å². The first-order chi connectivity index (χ1) is 24.9. The van der Waals surface area contributed by atoms with Crippen LogP contribution >= 0.6 is 0 Å². The van der Waals surface area contributed by atoms with Crippen molar-refractivity contribution in [2.24, 2.45) is 16.8 Å². The van der Waals surface area contributed by atoms with E-state index in [1.54, 1.807) is 38.1 Å². The Morgan fingerprint density at radius 1 is 0.846 bits per heavy atom. The number of rotatable bonds is 20. The van der Waals surface area contributed by atoms with E-state index in [4.69, 9.17) is 15.2 Å². The van der Waals surface area contributed by atoms with Crippen molar-refractivity contribution >= 4 is 53.1 Å². The largest absolute Gasteiger partial charge is 0.514 e. The van der Waals surface area contributed by atoms with E-state index in [0.717, 1.165) is 4.90 Å². The molecule has 7 amide bonds. The van der Waals surface area contributed by atoms with Gasteiger partial charge in [0.1, 0.15) is 30.1 Å². The minimum absolute atomic E-state index is 0.121.